The van der Waals surface area contributed by atoms with Gasteiger partial charge in [0, 0.05) is 0 Å². The van der Waals surface area contributed by atoms with Gasteiger partial charge >= 0.3 is 0 Å². The molecule has 0 saturated carbocycles. The van der Waals surface area contributed by atoms with Crippen LogP contribution in [0.25, 0.3) is 0 Å². The summed E-state index contributed by atoms with van der Waals surface area (Å²) in [6, 6.07) is 7.13. The minimum absolute atomic E-state index is 0.213. The van der Waals surface area contributed by atoms with Crippen LogP contribution in [0.1, 0.15) is 12.0 Å². The van der Waals surface area contributed by atoms with Gasteiger partial charge in [-0.3, -0.25) is 4.79 Å². The number of anilines is 1. The first-order chi connectivity index (χ1) is 6.70. The highest BCUT2D eigenvalue weighted by Crippen LogP contribution is 2.23. The van der Waals surface area contributed by atoms with Gasteiger partial charge < -0.3 is 5.73 Å². The predicted molar refractivity (Wildman–Crippen MR) is 54.4 cm³/mol. The number of hydrogen-bond donors (Lipinski definition) is 2. The molecule has 1 amide bonds. The number of nitrogens with zero attached hydrogens (tertiary/aromatic N) is 1. The van der Waals surface area contributed by atoms with Crippen molar-refractivity contribution in [2.45, 2.75) is 18.9 Å². The Morgan fingerprint density at radius 1 is 1.36 bits per heavy atom. The molecule has 0 bridgehead atoms. The molecule has 4 nitrogen and oxygen atoms in total. The van der Waals surface area contributed by atoms with E-state index < -0.39 is 6.04 Å². The topological polar surface area (TPSA) is 72.3 Å². The zero-order valence-electron chi connectivity index (χ0n) is 7.81. The lowest BCUT2D eigenvalue weighted by Crippen LogP contribution is -2.46. The van der Waals surface area contributed by atoms with Gasteiger partial charge in [0.15, 0.2) is 0 Å². The fourth-order valence-electron chi connectivity index (χ4n) is 1.69. The number of nitrogens with two attached hydrogens (primary N) is 2. The Kier molecular flexibility index (Phi) is 2.23. The van der Waals surface area contributed by atoms with Crippen LogP contribution in [0.5, 0.6) is 0 Å². The third-order valence-corrected chi connectivity index (χ3v) is 2.53. The minimum atomic E-state index is -0.479. The summed E-state index contributed by atoms with van der Waals surface area (Å²) in [5, 5.41) is 1.16. The lowest BCUT2D eigenvalue weighted by atomic mass is 10.1. The third kappa shape index (κ3) is 1.38. The van der Waals surface area contributed by atoms with E-state index in [1.54, 1.807) is 0 Å². The van der Waals surface area contributed by atoms with E-state index in [0.717, 1.165) is 22.7 Å². The molecule has 2 rings (SSSR count). The molecule has 0 fully saturated rings. The summed E-state index contributed by atoms with van der Waals surface area (Å²) in [4.78, 5) is 11.6. The van der Waals surface area contributed by atoms with Gasteiger partial charge in [0.2, 0.25) is 0 Å². The maximum Gasteiger partial charge on any atom is 0.258 e. The maximum absolute atomic E-state index is 11.6. The second-order valence-corrected chi connectivity index (χ2v) is 3.48. The lowest BCUT2D eigenvalue weighted by Gasteiger charge is -2.18. The van der Waals surface area contributed by atoms with E-state index >= 15 is 0 Å². The van der Waals surface area contributed by atoms with Crippen LogP contribution in [0.4, 0.5) is 5.69 Å². The predicted octanol–water partition coefficient (Wildman–Crippen LogP) is 0.167. The molecule has 1 aliphatic rings. The van der Waals surface area contributed by atoms with Crippen LogP contribution in [0, 0.1) is 0 Å². The molecule has 0 saturated heterocycles. The summed E-state index contributed by atoms with van der Waals surface area (Å²) < 4.78 is 0. The van der Waals surface area contributed by atoms with E-state index in [2.05, 4.69) is 0 Å². The second-order valence-electron chi connectivity index (χ2n) is 3.48. The van der Waals surface area contributed by atoms with E-state index in [1.807, 2.05) is 24.3 Å². The largest absolute Gasteiger partial charge is 0.320 e. The molecule has 0 aliphatic carbocycles. The molecule has 1 unspecified atom stereocenters. The van der Waals surface area contributed by atoms with Gasteiger partial charge in [0.1, 0.15) is 0 Å². The Hall–Kier alpha value is -1.39. The Bertz CT molecular complexity index is 364. The Labute approximate surface area is 82.5 Å². The molecule has 1 aromatic rings. The number of rotatable bonds is 0. The molecule has 1 atom stereocenters. The van der Waals surface area contributed by atoms with Gasteiger partial charge in [-0.05, 0) is 24.5 Å². The van der Waals surface area contributed by atoms with Crippen LogP contribution in [0.3, 0.4) is 0 Å². The third-order valence-electron chi connectivity index (χ3n) is 2.53. The number of fused-ring (bicyclic) bond motifs is 1. The monoisotopic (exact) mass is 191 g/mol. The van der Waals surface area contributed by atoms with Crippen molar-refractivity contribution in [2.24, 2.45) is 11.6 Å². The fourth-order valence-corrected chi connectivity index (χ4v) is 1.69. The summed E-state index contributed by atoms with van der Waals surface area (Å²) in [5.74, 6) is 5.47. The number of aryl methyl sites for hydroxylation is 1. The van der Waals surface area contributed by atoms with Crippen LogP contribution in [-0.4, -0.2) is 11.9 Å². The Morgan fingerprint density at radius 3 is 2.86 bits per heavy atom. The molecule has 4 N–H and O–H groups in total. The van der Waals surface area contributed by atoms with Crippen molar-refractivity contribution >= 4 is 11.6 Å². The van der Waals surface area contributed by atoms with Crippen molar-refractivity contribution in [3.05, 3.63) is 29.8 Å². The van der Waals surface area contributed by atoms with E-state index in [9.17, 15) is 4.79 Å². The fraction of sp³-hybridized carbons (Fsp3) is 0.300. The van der Waals surface area contributed by atoms with Crippen molar-refractivity contribution in [3.63, 3.8) is 0 Å². The number of amides is 1. The smallest absolute Gasteiger partial charge is 0.258 e. The standard InChI is InChI=1S/C10H13N3O/c11-8-6-5-7-3-1-2-4-9(7)13(12)10(8)14/h1-4,8H,5-6,11-12H2. The zero-order valence-corrected chi connectivity index (χ0v) is 7.81. The van der Waals surface area contributed by atoms with E-state index in [-0.39, 0.29) is 5.91 Å². The SMILES string of the molecule is NC1CCc2ccccc2N(N)C1=O. The summed E-state index contributed by atoms with van der Waals surface area (Å²) in [5.41, 5.74) is 7.53. The number of benzene rings is 1. The molecular weight excluding hydrogens is 178 g/mol. The lowest BCUT2D eigenvalue weighted by molar-refractivity contribution is -0.119. The molecule has 74 valence electrons. The quantitative estimate of drug-likeness (QED) is 0.453. The van der Waals surface area contributed by atoms with Crippen molar-refractivity contribution in [3.8, 4) is 0 Å². The van der Waals surface area contributed by atoms with Crippen LogP contribution >= 0.6 is 0 Å². The molecule has 1 aromatic carbocycles. The van der Waals surface area contributed by atoms with Gasteiger partial charge in [-0.1, -0.05) is 18.2 Å². The maximum atomic E-state index is 11.6. The average Bonchev–Trinajstić information content (AvgIpc) is 2.32. The number of para-hydroxylation sites is 1. The van der Waals surface area contributed by atoms with Gasteiger partial charge in [0.25, 0.3) is 5.91 Å². The first-order valence-electron chi connectivity index (χ1n) is 4.62. The van der Waals surface area contributed by atoms with Crippen LogP contribution < -0.4 is 16.6 Å². The molecular formula is C10H13N3O. The van der Waals surface area contributed by atoms with E-state index in [1.165, 1.54) is 0 Å². The molecule has 1 aliphatic heterocycles. The van der Waals surface area contributed by atoms with Crippen LogP contribution in [-0.2, 0) is 11.2 Å². The molecule has 0 radical (unpaired) electrons. The molecule has 1 heterocycles. The van der Waals surface area contributed by atoms with Gasteiger partial charge in [0.05, 0.1) is 11.7 Å². The van der Waals surface area contributed by atoms with Crippen molar-refractivity contribution < 1.29 is 4.79 Å². The highest BCUT2D eigenvalue weighted by molar-refractivity contribution is 5.97. The van der Waals surface area contributed by atoms with E-state index in [0.29, 0.717) is 6.42 Å². The van der Waals surface area contributed by atoms with Gasteiger partial charge in [-0.15, -0.1) is 0 Å². The highest BCUT2D eigenvalue weighted by atomic mass is 16.2. The van der Waals surface area contributed by atoms with Crippen LogP contribution in [0.15, 0.2) is 24.3 Å². The molecule has 14 heavy (non-hydrogen) atoms. The minimum Gasteiger partial charge on any atom is -0.320 e. The summed E-state index contributed by atoms with van der Waals surface area (Å²) in [6.07, 6.45) is 1.46. The first-order valence-corrected chi connectivity index (χ1v) is 4.62. The van der Waals surface area contributed by atoms with Gasteiger partial charge in [-0.2, -0.15) is 0 Å². The van der Waals surface area contributed by atoms with Crippen molar-refractivity contribution in [1.29, 1.82) is 0 Å². The van der Waals surface area contributed by atoms with Crippen molar-refractivity contribution in [1.82, 2.24) is 0 Å². The normalized spacial score (nSPS) is 21.7. The number of carbonyl (C=O) groups is 1. The Balaban J connectivity index is 2.45. The van der Waals surface area contributed by atoms with Gasteiger partial charge in [-0.25, -0.2) is 10.9 Å². The molecule has 4 heteroatoms. The summed E-state index contributed by atoms with van der Waals surface area (Å²) >= 11 is 0. The number of hydrazine groups is 1. The first kappa shape index (κ1) is 9.18. The average molecular weight is 191 g/mol. The highest BCUT2D eigenvalue weighted by Gasteiger charge is 2.25. The molecule has 0 aromatic heterocycles. The number of hydrogen-bond acceptors (Lipinski definition) is 3. The number of carbonyl (C=O) groups excluding carboxylic acids is 1. The zero-order chi connectivity index (χ0) is 10.1. The Morgan fingerprint density at radius 2 is 2.07 bits per heavy atom. The molecule has 0 spiro atoms. The second kappa shape index (κ2) is 3.40. The summed E-state index contributed by atoms with van der Waals surface area (Å²) in [7, 11) is 0. The van der Waals surface area contributed by atoms with E-state index in [4.69, 9.17) is 11.6 Å². The van der Waals surface area contributed by atoms with Crippen LogP contribution in [0.2, 0.25) is 0 Å². The van der Waals surface area contributed by atoms with Crippen molar-refractivity contribution in [2.75, 3.05) is 5.01 Å². The summed E-state index contributed by atoms with van der Waals surface area (Å²) in [6.45, 7) is 0.